The highest BCUT2D eigenvalue weighted by atomic mass is 16.5. The van der Waals surface area contributed by atoms with Crippen molar-refractivity contribution in [3.8, 4) is 5.75 Å². The third-order valence-electron chi connectivity index (χ3n) is 5.39. The zero-order valence-corrected chi connectivity index (χ0v) is 12.5. The third-order valence-corrected chi connectivity index (χ3v) is 5.39. The molecule has 0 amide bonds. The minimum Gasteiger partial charge on any atom is -0.493 e. The van der Waals surface area contributed by atoms with E-state index in [1.54, 1.807) is 0 Å². The molecule has 1 N–H and O–H groups in total. The molecule has 1 aliphatic heterocycles. The second-order valence-corrected chi connectivity index (χ2v) is 6.84. The zero-order chi connectivity index (χ0) is 14.0. The number of para-hydroxylation sites is 1. The lowest BCUT2D eigenvalue weighted by Crippen LogP contribution is -2.36. The Bertz CT molecular complexity index is 448. The van der Waals surface area contributed by atoms with Crippen molar-refractivity contribution in [1.82, 2.24) is 0 Å². The van der Waals surface area contributed by atoms with Crippen LogP contribution in [0.15, 0.2) is 24.3 Å². The molecule has 0 radical (unpaired) electrons. The molecule has 2 heteroatoms. The van der Waals surface area contributed by atoms with Crippen LogP contribution in [0.1, 0.15) is 63.4 Å². The van der Waals surface area contributed by atoms with E-state index in [-0.39, 0.29) is 11.5 Å². The van der Waals surface area contributed by atoms with Crippen molar-refractivity contribution in [3.05, 3.63) is 29.8 Å². The van der Waals surface area contributed by atoms with Gasteiger partial charge in [0.2, 0.25) is 0 Å². The van der Waals surface area contributed by atoms with Crippen LogP contribution in [0.2, 0.25) is 0 Å². The van der Waals surface area contributed by atoms with Crippen LogP contribution in [-0.4, -0.2) is 17.8 Å². The number of aliphatic hydroxyl groups excluding tert-OH is 1. The van der Waals surface area contributed by atoms with Gasteiger partial charge in [0.15, 0.2) is 0 Å². The fraction of sp³-hybridized carbons (Fsp3) is 0.667. The summed E-state index contributed by atoms with van der Waals surface area (Å²) in [7, 11) is 0. The Kier molecular flexibility index (Phi) is 4.02. The number of aliphatic hydroxyl groups is 1. The fourth-order valence-corrected chi connectivity index (χ4v) is 3.91. The first-order valence-electron chi connectivity index (χ1n) is 8.09. The minimum atomic E-state index is -0.182. The molecule has 1 aromatic carbocycles. The Balaban J connectivity index is 1.72. The van der Waals surface area contributed by atoms with E-state index in [9.17, 15) is 5.11 Å². The molecular formula is C18H26O2. The van der Waals surface area contributed by atoms with Gasteiger partial charge in [-0.25, -0.2) is 0 Å². The predicted octanol–water partition coefficient (Wildman–Crippen LogP) is 4.27. The van der Waals surface area contributed by atoms with Crippen molar-refractivity contribution >= 4 is 0 Å². The van der Waals surface area contributed by atoms with Crippen LogP contribution in [0.5, 0.6) is 5.75 Å². The van der Waals surface area contributed by atoms with Crippen LogP contribution in [0.25, 0.3) is 0 Å². The summed E-state index contributed by atoms with van der Waals surface area (Å²) in [6.07, 6.45) is 7.98. The van der Waals surface area contributed by atoms with Gasteiger partial charge in [-0.15, -0.1) is 0 Å². The maximum absolute atomic E-state index is 10.8. The molecule has 1 saturated carbocycles. The molecule has 2 unspecified atom stereocenters. The third kappa shape index (κ3) is 2.71. The molecule has 2 nitrogen and oxygen atoms in total. The zero-order valence-electron chi connectivity index (χ0n) is 12.5. The lowest BCUT2D eigenvalue weighted by atomic mass is 9.69. The van der Waals surface area contributed by atoms with Gasteiger partial charge in [-0.3, -0.25) is 0 Å². The van der Waals surface area contributed by atoms with Gasteiger partial charge in [-0.1, -0.05) is 44.4 Å². The fourth-order valence-electron chi connectivity index (χ4n) is 3.91. The Morgan fingerprint density at radius 1 is 1.25 bits per heavy atom. The Morgan fingerprint density at radius 3 is 2.80 bits per heavy atom. The predicted molar refractivity (Wildman–Crippen MR) is 81.1 cm³/mol. The molecule has 1 fully saturated rings. The second-order valence-electron chi connectivity index (χ2n) is 6.84. The highest BCUT2D eigenvalue weighted by Gasteiger charge is 2.36. The Hall–Kier alpha value is -1.02. The molecule has 1 aliphatic carbocycles. The van der Waals surface area contributed by atoms with Crippen LogP contribution in [0.3, 0.4) is 0 Å². The summed E-state index contributed by atoms with van der Waals surface area (Å²) in [4.78, 5) is 0. The molecule has 2 atom stereocenters. The number of ether oxygens (including phenoxy) is 1. The smallest absolute Gasteiger partial charge is 0.122 e. The quantitative estimate of drug-likeness (QED) is 0.891. The first kappa shape index (κ1) is 13.9. The van der Waals surface area contributed by atoms with E-state index in [1.807, 2.05) is 6.07 Å². The molecule has 110 valence electrons. The van der Waals surface area contributed by atoms with Crippen molar-refractivity contribution in [2.75, 3.05) is 6.61 Å². The van der Waals surface area contributed by atoms with Gasteiger partial charge < -0.3 is 9.84 Å². The molecule has 20 heavy (non-hydrogen) atoms. The lowest BCUT2D eigenvalue weighted by Gasteiger charge is -2.40. The van der Waals surface area contributed by atoms with Crippen LogP contribution in [-0.2, 0) is 0 Å². The molecule has 1 heterocycles. The lowest BCUT2D eigenvalue weighted by molar-refractivity contribution is -0.00270. The average molecular weight is 274 g/mol. The summed E-state index contributed by atoms with van der Waals surface area (Å²) < 4.78 is 5.72. The summed E-state index contributed by atoms with van der Waals surface area (Å²) in [5, 5.41) is 10.8. The molecule has 2 aliphatic rings. The molecule has 0 bridgehead atoms. The van der Waals surface area contributed by atoms with Gasteiger partial charge in [-0.2, -0.15) is 0 Å². The van der Waals surface area contributed by atoms with E-state index in [4.69, 9.17) is 4.74 Å². The van der Waals surface area contributed by atoms with E-state index < -0.39 is 0 Å². The van der Waals surface area contributed by atoms with E-state index >= 15 is 0 Å². The first-order valence-corrected chi connectivity index (χ1v) is 8.09. The summed E-state index contributed by atoms with van der Waals surface area (Å²) in [5.41, 5.74) is 1.42. The monoisotopic (exact) mass is 274 g/mol. The van der Waals surface area contributed by atoms with Crippen molar-refractivity contribution in [3.63, 3.8) is 0 Å². The first-order chi connectivity index (χ1) is 9.69. The number of fused-ring (bicyclic) bond motifs is 1. The molecular weight excluding hydrogens is 248 g/mol. The van der Waals surface area contributed by atoms with Gasteiger partial charge in [0.05, 0.1) is 12.7 Å². The Labute approximate surface area is 122 Å². The molecule has 0 spiro atoms. The summed E-state index contributed by atoms with van der Waals surface area (Å²) >= 11 is 0. The minimum absolute atomic E-state index is 0.130. The normalized spacial score (nSPS) is 26.4. The Morgan fingerprint density at radius 2 is 2.00 bits per heavy atom. The summed E-state index contributed by atoms with van der Waals surface area (Å²) in [6, 6.07) is 8.32. The van der Waals surface area contributed by atoms with Crippen LogP contribution >= 0.6 is 0 Å². The molecule has 0 saturated heterocycles. The average Bonchev–Trinajstić information content (AvgIpc) is 2.48. The standard InChI is InChI=1S/C18H26O2/c1-18(10-5-2-6-11-18)17(19)13-14-9-12-20-16-8-4-3-7-15(14)16/h3-4,7-8,14,17,19H,2,5-6,9-13H2,1H3. The van der Waals surface area contributed by atoms with E-state index in [0.29, 0.717) is 5.92 Å². The van der Waals surface area contributed by atoms with E-state index in [1.165, 1.54) is 37.7 Å². The molecule has 3 rings (SSSR count). The highest BCUT2D eigenvalue weighted by molar-refractivity contribution is 5.37. The number of benzene rings is 1. The van der Waals surface area contributed by atoms with Crippen LogP contribution < -0.4 is 4.74 Å². The van der Waals surface area contributed by atoms with Crippen LogP contribution in [0.4, 0.5) is 0 Å². The maximum atomic E-state index is 10.8. The maximum Gasteiger partial charge on any atom is 0.122 e. The van der Waals surface area contributed by atoms with Gasteiger partial charge in [0.25, 0.3) is 0 Å². The number of rotatable bonds is 3. The van der Waals surface area contributed by atoms with Crippen LogP contribution in [0, 0.1) is 5.41 Å². The number of hydrogen-bond donors (Lipinski definition) is 1. The summed E-state index contributed by atoms with van der Waals surface area (Å²) in [6.45, 7) is 3.06. The topological polar surface area (TPSA) is 29.5 Å². The van der Waals surface area contributed by atoms with Gasteiger partial charge in [0.1, 0.15) is 5.75 Å². The van der Waals surface area contributed by atoms with Crippen molar-refractivity contribution < 1.29 is 9.84 Å². The molecule has 0 aromatic heterocycles. The number of hydrogen-bond acceptors (Lipinski definition) is 2. The van der Waals surface area contributed by atoms with E-state index in [2.05, 4.69) is 25.1 Å². The molecule has 1 aromatic rings. The summed E-state index contributed by atoms with van der Waals surface area (Å²) in [5.74, 6) is 1.47. The largest absolute Gasteiger partial charge is 0.493 e. The van der Waals surface area contributed by atoms with Gasteiger partial charge in [-0.05, 0) is 48.6 Å². The highest BCUT2D eigenvalue weighted by Crippen LogP contribution is 2.44. The van der Waals surface area contributed by atoms with Crippen molar-refractivity contribution in [2.24, 2.45) is 5.41 Å². The van der Waals surface area contributed by atoms with Crippen molar-refractivity contribution in [1.29, 1.82) is 0 Å². The van der Waals surface area contributed by atoms with Crippen molar-refractivity contribution in [2.45, 2.75) is 63.9 Å². The van der Waals surface area contributed by atoms with E-state index in [0.717, 1.165) is 25.2 Å². The second kappa shape index (κ2) is 5.77. The SMILES string of the molecule is CC1(C(O)CC2CCOc3ccccc32)CCCCC1. The van der Waals surface area contributed by atoms with Gasteiger partial charge >= 0.3 is 0 Å². The van der Waals surface area contributed by atoms with Gasteiger partial charge in [0, 0.05) is 0 Å².